The second-order valence-corrected chi connectivity index (χ2v) is 24.4. The van der Waals surface area contributed by atoms with Crippen molar-refractivity contribution in [2.45, 2.75) is 46.8 Å². The summed E-state index contributed by atoms with van der Waals surface area (Å²) in [7, 11) is -1.34. The first-order valence-corrected chi connectivity index (χ1v) is 27.4. The standard InChI is InChI=1S/C45H28N3O.C18H24NSi.Ir/c1-28-23-25-38-37-21-12-22-39(43(37)49-45(38)46-28)44-47-41-35-19-10-8-17-33(35)34-18-9-11-20-36(34)42(41)48(44)40-27-31(29-13-4-2-5-14-29)24-26-32(40)30-15-6-3-7-16-30;1-14(2)11-16-12-17(15-9-7-6-8-10-15)19-13-18(16)20(3,4)5;/h2-21,23-27H,1H3;6-9,12-14H,11H2,1-5H3;/q2*-1;. The molecule has 8 aromatic carbocycles. The Kier molecular flexibility index (Phi) is 12.8. The third-order valence-electron chi connectivity index (χ3n) is 13.0. The van der Waals surface area contributed by atoms with E-state index in [9.17, 15) is 0 Å². The molecular weight excluding hydrogens is 1050 g/mol. The number of rotatable bonds is 8. The summed E-state index contributed by atoms with van der Waals surface area (Å²) in [5, 5.41) is 8.05. The molecule has 12 rings (SSSR count). The van der Waals surface area contributed by atoms with Gasteiger partial charge >= 0.3 is 0 Å². The van der Waals surface area contributed by atoms with E-state index in [-0.39, 0.29) is 20.1 Å². The Hall–Kier alpha value is -7.28. The Labute approximate surface area is 424 Å². The maximum absolute atomic E-state index is 6.59. The summed E-state index contributed by atoms with van der Waals surface area (Å²) in [6.45, 7) is 13.7. The van der Waals surface area contributed by atoms with Crippen LogP contribution in [-0.4, -0.2) is 27.6 Å². The summed E-state index contributed by atoms with van der Waals surface area (Å²) in [4.78, 5) is 15.0. The summed E-state index contributed by atoms with van der Waals surface area (Å²) < 4.78 is 8.94. The first-order chi connectivity index (χ1) is 33.6. The van der Waals surface area contributed by atoms with Gasteiger partial charge in [0.25, 0.3) is 0 Å². The number of hydrogen-bond donors (Lipinski definition) is 0. The Morgan fingerprint density at radius 1 is 0.600 bits per heavy atom. The van der Waals surface area contributed by atoms with Crippen molar-refractivity contribution >= 4 is 67.9 Å². The van der Waals surface area contributed by atoms with Gasteiger partial charge < -0.3 is 14.0 Å². The molecule has 345 valence electrons. The van der Waals surface area contributed by atoms with Crippen LogP contribution in [0.2, 0.25) is 19.6 Å². The van der Waals surface area contributed by atoms with Crippen molar-refractivity contribution < 1.29 is 24.5 Å². The van der Waals surface area contributed by atoms with Gasteiger partial charge in [0.1, 0.15) is 0 Å². The number of aryl methyl sites for hydroxylation is 1. The number of fused-ring (bicyclic) bond motifs is 9. The van der Waals surface area contributed by atoms with Crippen LogP contribution in [0.5, 0.6) is 0 Å². The maximum Gasteiger partial charge on any atom is 0.216 e. The Bertz CT molecular complexity index is 3840. The van der Waals surface area contributed by atoms with Gasteiger partial charge in [-0.2, -0.15) is 0 Å². The van der Waals surface area contributed by atoms with Crippen LogP contribution in [0.4, 0.5) is 0 Å². The van der Waals surface area contributed by atoms with E-state index in [0.717, 1.165) is 101 Å². The van der Waals surface area contributed by atoms with Gasteiger partial charge in [-0.1, -0.05) is 177 Å². The van der Waals surface area contributed by atoms with Gasteiger partial charge in [-0.15, -0.1) is 54.1 Å². The average Bonchev–Trinajstić information content (AvgIpc) is 3.96. The first-order valence-electron chi connectivity index (χ1n) is 23.9. The SMILES string of the molecule is CC(C)Cc1cc(-c2[c-]cccc2)ncc1[Si](C)(C)C.Cc1ccc2c(n1)oc1c(-c3nc4c5ccccc5c5ccccc5c4n3-c3cc(-c4ccccc4)ccc3-c3ccccc3)[c-]ccc12.[Ir]. The number of nitrogens with zero attached hydrogens (tertiary/aromatic N) is 4. The van der Waals surface area contributed by atoms with Crippen LogP contribution in [0, 0.1) is 25.0 Å². The van der Waals surface area contributed by atoms with E-state index in [1.807, 2.05) is 37.3 Å². The normalized spacial score (nSPS) is 11.6. The van der Waals surface area contributed by atoms with Crippen LogP contribution in [0.1, 0.15) is 25.1 Å². The fraction of sp³-hybridized carbons (Fsp3) is 0.127. The monoisotopic (exact) mass is 1100 g/mol. The van der Waals surface area contributed by atoms with E-state index in [2.05, 4.69) is 213 Å². The predicted molar refractivity (Wildman–Crippen MR) is 291 cm³/mol. The quantitative estimate of drug-likeness (QED) is 0.0864. The minimum absolute atomic E-state index is 0. The van der Waals surface area contributed by atoms with Crippen LogP contribution in [0.15, 0.2) is 193 Å². The van der Waals surface area contributed by atoms with Gasteiger partial charge in [-0.3, -0.25) is 4.98 Å². The van der Waals surface area contributed by atoms with Gasteiger partial charge in [0, 0.05) is 59.4 Å². The van der Waals surface area contributed by atoms with Crippen molar-refractivity contribution in [2.75, 3.05) is 0 Å². The van der Waals surface area contributed by atoms with Crippen molar-refractivity contribution in [1.29, 1.82) is 0 Å². The average molecular weight is 1100 g/mol. The van der Waals surface area contributed by atoms with E-state index in [1.165, 1.54) is 21.5 Å². The molecule has 0 aliphatic heterocycles. The van der Waals surface area contributed by atoms with Crippen LogP contribution in [0.3, 0.4) is 0 Å². The van der Waals surface area contributed by atoms with Crippen molar-refractivity contribution in [1.82, 2.24) is 19.5 Å². The van der Waals surface area contributed by atoms with Gasteiger partial charge in [-0.25, -0.2) is 4.98 Å². The van der Waals surface area contributed by atoms with E-state index in [0.29, 0.717) is 11.6 Å². The van der Waals surface area contributed by atoms with E-state index < -0.39 is 8.07 Å². The molecule has 0 N–H and O–H groups in total. The minimum Gasteiger partial charge on any atom is -0.486 e. The zero-order valence-corrected chi connectivity index (χ0v) is 43.6. The Morgan fingerprint density at radius 2 is 1.27 bits per heavy atom. The van der Waals surface area contributed by atoms with Crippen molar-refractivity contribution in [3.8, 4) is 50.6 Å². The van der Waals surface area contributed by atoms with Crippen molar-refractivity contribution in [3.05, 3.63) is 212 Å². The summed E-state index contributed by atoms with van der Waals surface area (Å²) in [6.07, 6.45) is 3.24. The zero-order chi connectivity index (χ0) is 47.2. The third-order valence-corrected chi connectivity index (χ3v) is 15.1. The molecule has 0 unspecified atom stereocenters. The molecule has 1 radical (unpaired) electrons. The Morgan fingerprint density at radius 3 is 1.97 bits per heavy atom. The van der Waals surface area contributed by atoms with Crippen LogP contribution in [-0.2, 0) is 26.5 Å². The van der Waals surface area contributed by atoms with E-state index in [4.69, 9.17) is 14.4 Å². The molecule has 0 aliphatic carbocycles. The zero-order valence-electron chi connectivity index (χ0n) is 40.2. The predicted octanol–water partition coefficient (Wildman–Crippen LogP) is 16.0. The molecule has 0 fully saturated rings. The van der Waals surface area contributed by atoms with Crippen LogP contribution >= 0.6 is 0 Å². The van der Waals surface area contributed by atoms with Gasteiger partial charge in [0.15, 0.2) is 0 Å². The van der Waals surface area contributed by atoms with Crippen molar-refractivity contribution in [3.63, 3.8) is 0 Å². The molecule has 0 bridgehead atoms. The molecule has 4 aromatic heterocycles. The molecule has 4 heterocycles. The van der Waals surface area contributed by atoms with E-state index >= 15 is 0 Å². The second kappa shape index (κ2) is 19.2. The molecule has 0 amide bonds. The molecule has 0 aliphatic rings. The number of benzene rings is 8. The fourth-order valence-electron chi connectivity index (χ4n) is 9.86. The number of pyridine rings is 2. The smallest absolute Gasteiger partial charge is 0.216 e. The number of imidazole rings is 1. The summed E-state index contributed by atoms with van der Waals surface area (Å²) in [6, 6.07) is 70.5. The number of aromatic nitrogens is 4. The van der Waals surface area contributed by atoms with Crippen molar-refractivity contribution in [2.24, 2.45) is 5.92 Å². The van der Waals surface area contributed by atoms with Gasteiger partial charge in [0.2, 0.25) is 5.71 Å². The molecule has 0 spiro atoms. The topological polar surface area (TPSA) is 56.7 Å². The molecule has 70 heavy (non-hydrogen) atoms. The summed E-state index contributed by atoms with van der Waals surface area (Å²) >= 11 is 0. The van der Waals surface area contributed by atoms with Crippen LogP contribution in [0.25, 0.3) is 105 Å². The Balaban J connectivity index is 0.000000229. The minimum atomic E-state index is -1.34. The number of furan rings is 1. The maximum atomic E-state index is 6.59. The molecule has 5 nitrogen and oxygen atoms in total. The molecular formula is C63H52IrN4OSi-2. The van der Waals surface area contributed by atoms with Gasteiger partial charge in [-0.05, 0) is 75.8 Å². The largest absolute Gasteiger partial charge is 0.486 e. The molecule has 0 saturated heterocycles. The molecule has 0 atom stereocenters. The second-order valence-electron chi connectivity index (χ2n) is 19.4. The molecule has 0 saturated carbocycles. The fourth-order valence-corrected chi connectivity index (χ4v) is 11.4. The summed E-state index contributed by atoms with van der Waals surface area (Å²) in [5.74, 6) is 1.43. The summed E-state index contributed by atoms with van der Waals surface area (Å²) in [5.41, 5.74) is 14.2. The van der Waals surface area contributed by atoms with Gasteiger partial charge in [0.05, 0.1) is 30.5 Å². The first kappa shape index (κ1) is 46.4. The molecule has 7 heteroatoms. The molecule has 12 aromatic rings. The van der Waals surface area contributed by atoms with E-state index in [1.54, 1.807) is 0 Å². The number of hydrogen-bond acceptors (Lipinski definition) is 4. The third kappa shape index (κ3) is 8.70. The van der Waals surface area contributed by atoms with Crippen LogP contribution < -0.4 is 5.19 Å².